The number of hydrogen-bond donors (Lipinski definition) is 1. The highest BCUT2D eigenvalue weighted by Gasteiger charge is 2.21. The van der Waals surface area contributed by atoms with Crippen molar-refractivity contribution in [2.45, 2.75) is 18.7 Å². The average Bonchev–Trinajstić information content (AvgIpc) is 2.62. The molecule has 2 aromatic rings. The number of nitrogens with one attached hydrogen (secondary N) is 1. The molecular formula is C18H20ClFN2O4S. The third-order valence-corrected chi connectivity index (χ3v) is 6.05. The number of carbonyl (C=O) groups is 1. The lowest BCUT2D eigenvalue weighted by atomic mass is 10.3. The number of carbonyl (C=O) groups excluding carboxylic acids is 1. The van der Waals surface area contributed by atoms with Crippen molar-refractivity contribution in [3.8, 4) is 5.75 Å². The SMILES string of the molecule is CCN(CC)S(=O)(=O)c1cccc(NC(=O)COc2ccc(F)cc2Cl)c1. The standard InChI is InChI=1S/C18H20ClFN2O4S/c1-3-22(4-2)27(24,25)15-7-5-6-14(11-15)21-18(23)12-26-17-9-8-13(20)10-16(17)19/h5-11H,3-4,12H2,1-2H3,(H,21,23). The van der Waals surface area contributed by atoms with Gasteiger partial charge in [-0.3, -0.25) is 4.79 Å². The second-order valence-corrected chi connectivity index (χ2v) is 7.87. The van der Waals surface area contributed by atoms with Gasteiger partial charge >= 0.3 is 0 Å². The highest BCUT2D eigenvalue weighted by Crippen LogP contribution is 2.25. The lowest BCUT2D eigenvalue weighted by Gasteiger charge is -2.18. The monoisotopic (exact) mass is 414 g/mol. The topological polar surface area (TPSA) is 75.7 Å². The molecule has 0 aromatic heterocycles. The highest BCUT2D eigenvalue weighted by molar-refractivity contribution is 7.89. The van der Waals surface area contributed by atoms with Crippen molar-refractivity contribution in [1.29, 1.82) is 0 Å². The van der Waals surface area contributed by atoms with E-state index in [-0.39, 0.29) is 22.3 Å². The maximum absolute atomic E-state index is 13.0. The number of halogens is 2. The first-order valence-electron chi connectivity index (χ1n) is 8.25. The largest absolute Gasteiger partial charge is 0.482 e. The summed E-state index contributed by atoms with van der Waals surface area (Å²) in [6.45, 7) is 3.84. The summed E-state index contributed by atoms with van der Waals surface area (Å²) in [4.78, 5) is 12.1. The van der Waals surface area contributed by atoms with Gasteiger partial charge in [-0.1, -0.05) is 31.5 Å². The number of amides is 1. The number of nitrogens with zero attached hydrogens (tertiary/aromatic N) is 1. The molecule has 27 heavy (non-hydrogen) atoms. The molecular weight excluding hydrogens is 395 g/mol. The van der Waals surface area contributed by atoms with Crippen LogP contribution in [0.25, 0.3) is 0 Å². The van der Waals surface area contributed by atoms with Crippen LogP contribution >= 0.6 is 11.6 Å². The Labute approximate surface area is 162 Å². The number of ether oxygens (including phenoxy) is 1. The van der Waals surface area contributed by atoms with Gasteiger partial charge in [0.05, 0.1) is 9.92 Å². The van der Waals surface area contributed by atoms with Crippen LogP contribution < -0.4 is 10.1 Å². The van der Waals surface area contributed by atoms with Crippen LogP contribution in [-0.2, 0) is 14.8 Å². The summed E-state index contributed by atoms with van der Waals surface area (Å²) in [6.07, 6.45) is 0. The number of anilines is 1. The molecule has 0 fully saturated rings. The van der Waals surface area contributed by atoms with Gasteiger partial charge in [0.15, 0.2) is 6.61 Å². The molecule has 2 aromatic carbocycles. The van der Waals surface area contributed by atoms with Gasteiger partial charge < -0.3 is 10.1 Å². The maximum Gasteiger partial charge on any atom is 0.262 e. The minimum Gasteiger partial charge on any atom is -0.482 e. The van der Waals surface area contributed by atoms with E-state index in [4.69, 9.17) is 16.3 Å². The second kappa shape index (κ2) is 9.16. The Balaban J connectivity index is 2.06. The van der Waals surface area contributed by atoms with Crippen LogP contribution in [-0.4, -0.2) is 38.3 Å². The van der Waals surface area contributed by atoms with E-state index in [1.165, 1.54) is 28.6 Å². The van der Waals surface area contributed by atoms with Crippen molar-refractivity contribution in [3.63, 3.8) is 0 Å². The van der Waals surface area contributed by atoms with E-state index in [1.807, 2.05) is 0 Å². The van der Waals surface area contributed by atoms with E-state index < -0.39 is 21.7 Å². The van der Waals surface area contributed by atoms with E-state index in [0.717, 1.165) is 6.07 Å². The smallest absolute Gasteiger partial charge is 0.262 e. The van der Waals surface area contributed by atoms with Crippen molar-refractivity contribution < 1.29 is 22.3 Å². The first-order valence-corrected chi connectivity index (χ1v) is 10.1. The van der Waals surface area contributed by atoms with E-state index in [1.54, 1.807) is 26.0 Å². The van der Waals surface area contributed by atoms with Crippen LogP contribution in [0.1, 0.15) is 13.8 Å². The predicted octanol–water partition coefficient (Wildman–Crippen LogP) is 3.53. The molecule has 0 heterocycles. The zero-order chi connectivity index (χ0) is 20.0. The van der Waals surface area contributed by atoms with Gasteiger partial charge in [-0.25, -0.2) is 12.8 Å². The van der Waals surface area contributed by atoms with E-state index in [9.17, 15) is 17.6 Å². The number of sulfonamides is 1. The maximum atomic E-state index is 13.0. The minimum atomic E-state index is -3.63. The van der Waals surface area contributed by atoms with Gasteiger partial charge in [-0.2, -0.15) is 4.31 Å². The first-order chi connectivity index (χ1) is 12.8. The van der Waals surface area contributed by atoms with E-state index in [0.29, 0.717) is 18.8 Å². The fourth-order valence-corrected chi connectivity index (χ4v) is 4.11. The summed E-state index contributed by atoms with van der Waals surface area (Å²) >= 11 is 5.83. The van der Waals surface area contributed by atoms with Crippen LogP contribution in [0.2, 0.25) is 5.02 Å². The van der Waals surface area contributed by atoms with Gasteiger partial charge in [-0.05, 0) is 36.4 Å². The molecule has 146 valence electrons. The molecule has 0 unspecified atom stereocenters. The van der Waals surface area contributed by atoms with Gasteiger partial charge in [0.25, 0.3) is 5.91 Å². The van der Waals surface area contributed by atoms with Gasteiger partial charge in [0.2, 0.25) is 10.0 Å². The number of hydrogen-bond acceptors (Lipinski definition) is 4. The van der Waals surface area contributed by atoms with Crippen LogP contribution in [0.15, 0.2) is 47.4 Å². The lowest BCUT2D eigenvalue weighted by molar-refractivity contribution is -0.118. The number of rotatable bonds is 8. The molecule has 9 heteroatoms. The Hall–Kier alpha value is -2.16. The van der Waals surface area contributed by atoms with E-state index in [2.05, 4.69) is 5.32 Å². The summed E-state index contributed by atoms with van der Waals surface area (Å²) in [5, 5.41) is 2.62. The minimum absolute atomic E-state index is 0.0510. The molecule has 0 aliphatic heterocycles. The quantitative estimate of drug-likeness (QED) is 0.717. The fraction of sp³-hybridized carbons (Fsp3) is 0.278. The van der Waals surface area contributed by atoms with Crippen molar-refractivity contribution in [2.75, 3.05) is 25.0 Å². The lowest BCUT2D eigenvalue weighted by Crippen LogP contribution is -2.30. The Kier molecular flexibility index (Phi) is 7.18. The Morgan fingerprint density at radius 1 is 1.19 bits per heavy atom. The molecule has 0 atom stereocenters. The van der Waals surface area contributed by atoms with Gasteiger partial charge in [-0.15, -0.1) is 0 Å². The zero-order valence-corrected chi connectivity index (χ0v) is 16.5. The molecule has 0 aliphatic rings. The zero-order valence-electron chi connectivity index (χ0n) is 14.9. The predicted molar refractivity (Wildman–Crippen MR) is 102 cm³/mol. The normalized spacial score (nSPS) is 11.4. The van der Waals surface area contributed by atoms with E-state index >= 15 is 0 Å². The third-order valence-electron chi connectivity index (χ3n) is 3.71. The summed E-state index contributed by atoms with van der Waals surface area (Å²) < 4.78 is 44.7. The molecule has 6 nitrogen and oxygen atoms in total. The molecule has 1 amide bonds. The van der Waals surface area contributed by atoms with Crippen LogP contribution in [0, 0.1) is 5.82 Å². The molecule has 0 bridgehead atoms. The van der Waals surface area contributed by atoms with Crippen molar-refractivity contribution >= 4 is 33.2 Å². The second-order valence-electron chi connectivity index (χ2n) is 5.53. The fourth-order valence-electron chi connectivity index (χ4n) is 2.38. The van der Waals surface area contributed by atoms with Crippen molar-refractivity contribution in [1.82, 2.24) is 4.31 Å². The summed E-state index contributed by atoms with van der Waals surface area (Å²) in [7, 11) is -3.63. The summed E-state index contributed by atoms with van der Waals surface area (Å²) in [5.41, 5.74) is 0.321. The highest BCUT2D eigenvalue weighted by atomic mass is 35.5. The van der Waals surface area contributed by atoms with Gasteiger partial charge in [0.1, 0.15) is 11.6 Å². The molecule has 0 saturated carbocycles. The molecule has 0 saturated heterocycles. The third kappa shape index (κ3) is 5.41. The van der Waals surface area contributed by atoms with Gasteiger partial charge in [0, 0.05) is 18.8 Å². The van der Waals surface area contributed by atoms with Crippen LogP contribution in [0.3, 0.4) is 0 Å². The Morgan fingerprint density at radius 2 is 1.89 bits per heavy atom. The van der Waals surface area contributed by atoms with Crippen molar-refractivity contribution in [3.05, 3.63) is 53.3 Å². The first kappa shape index (κ1) is 21.1. The molecule has 0 radical (unpaired) electrons. The molecule has 2 rings (SSSR count). The Bertz CT molecular complexity index is 917. The Morgan fingerprint density at radius 3 is 2.52 bits per heavy atom. The number of benzene rings is 2. The van der Waals surface area contributed by atoms with Crippen molar-refractivity contribution in [2.24, 2.45) is 0 Å². The van der Waals surface area contributed by atoms with Crippen LogP contribution in [0.5, 0.6) is 5.75 Å². The molecule has 0 aliphatic carbocycles. The van der Waals surface area contributed by atoms with Crippen LogP contribution in [0.4, 0.5) is 10.1 Å². The summed E-state index contributed by atoms with van der Waals surface area (Å²) in [6, 6.07) is 9.54. The molecule has 0 spiro atoms. The summed E-state index contributed by atoms with van der Waals surface area (Å²) in [5.74, 6) is -0.845. The molecule has 1 N–H and O–H groups in total. The average molecular weight is 415 g/mol.